The van der Waals surface area contributed by atoms with Gasteiger partial charge in [-0.1, -0.05) is 11.6 Å². The Bertz CT molecular complexity index is 641. The highest BCUT2D eigenvalue weighted by molar-refractivity contribution is 6.30. The van der Waals surface area contributed by atoms with Crippen LogP contribution in [0.3, 0.4) is 0 Å². The third-order valence-corrected chi connectivity index (χ3v) is 3.22. The van der Waals surface area contributed by atoms with Gasteiger partial charge in [-0.25, -0.2) is 0 Å². The molecule has 0 spiro atoms. The summed E-state index contributed by atoms with van der Waals surface area (Å²) in [6.07, 6.45) is 1.40. The Morgan fingerprint density at radius 2 is 2.00 bits per heavy atom. The lowest BCUT2D eigenvalue weighted by atomic mass is 10.3. The van der Waals surface area contributed by atoms with E-state index in [1.807, 2.05) is 0 Å². The summed E-state index contributed by atoms with van der Waals surface area (Å²) in [5, 5.41) is 5.86. The Kier molecular flexibility index (Phi) is 6.05. The summed E-state index contributed by atoms with van der Waals surface area (Å²) in [7, 11) is 0. The van der Waals surface area contributed by atoms with Gasteiger partial charge in [-0.2, -0.15) is 0 Å². The van der Waals surface area contributed by atoms with E-state index in [1.54, 1.807) is 37.3 Å². The molecule has 0 bridgehead atoms. The molecule has 1 aromatic carbocycles. The van der Waals surface area contributed by atoms with E-state index in [1.165, 1.54) is 12.3 Å². The molecule has 2 rings (SSSR count). The van der Waals surface area contributed by atoms with Crippen molar-refractivity contribution in [1.82, 2.24) is 10.6 Å². The molecule has 1 atom stereocenters. The molecule has 0 saturated heterocycles. The number of hydrogen-bond donors (Lipinski definition) is 2. The first-order valence-corrected chi connectivity index (χ1v) is 7.44. The molecule has 0 aliphatic carbocycles. The molecule has 0 radical (unpaired) electrons. The summed E-state index contributed by atoms with van der Waals surface area (Å²) in [6, 6.07) is 9.40. The molecular weight excluding hydrogens is 320 g/mol. The summed E-state index contributed by atoms with van der Waals surface area (Å²) in [4.78, 5) is 23.6. The fourth-order valence-corrected chi connectivity index (χ4v) is 1.89. The smallest absolute Gasteiger partial charge is 0.287 e. The number of hydrogen-bond acceptors (Lipinski definition) is 4. The minimum absolute atomic E-state index is 0.163. The quantitative estimate of drug-likeness (QED) is 0.760. The molecule has 7 heteroatoms. The van der Waals surface area contributed by atoms with Gasteiger partial charge in [0.25, 0.3) is 5.91 Å². The van der Waals surface area contributed by atoms with Gasteiger partial charge >= 0.3 is 0 Å². The van der Waals surface area contributed by atoms with Crippen molar-refractivity contribution in [2.45, 2.75) is 13.0 Å². The number of carbonyl (C=O) groups excluding carboxylic acids is 2. The van der Waals surface area contributed by atoms with Crippen LogP contribution in [0.4, 0.5) is 0 Å². The average molecular weight is 337 g/mol. The lowest BCUT2D eigenvalue weighted by Gasteiger charge is -2.13. The van der Waals surface area contributed by atoms with Crippen molar-refractivity contribution in [1.29, 1.82) is 0 Å². The van der Waals surface area contributed by atoms with Crippen LogP contribution in [-0.4, -0.2) is 31.0 Å². The second-order valence-corrected chi connectivity index (χ2v) is 5.20. The first-order valence-electron chi connectivity index (χ1n) is 7.06. The van der Waals surface area contributed by atoms with Crippen LogP contribution in [0.1, 0.15) is 17.5 Å². The monoisotopic (exact) mass is 336 g/mol. The minimum Gasteiger partial charge on any atom is -0.492 e. The first kappa shape index (κ1) is 16.9. The molecule has 122 valence electrons. The number of nitrogens with one attached hydrogen (secondary N) is 2. The largest absolute Gasteiger partial charge is 0.492 e. The van der Waals surface area contributed by atoms with Crippen molar-refractivity contribution in [3.05, 3.63) is 53.4 Å². The van der Waals surface area contributed by atoms with Gasteiger partial charge in [-0.05, 0) is 43.3 Å². The Morgan fingerprint density at radius 3 is 2.65 bits per heavy atom. The maximum absolute atomic E-state index is 11.9. The van der Waals surface area contributed by atoms with Crippen molar-refractivity contribution in [2.24, 2.45) is 0 Å². The van der Waals surface area contributed by atoms with Crippen molar-refractivity contribution in [2.75, 3.05) is 13.2 Å². The average Bonchev–Trinajstić information content (AvgIpc) is 3.07. The van der Waals surface area contributed by atoms with Crippen LogP contribution in [-0.2, 0) is 4.79 Å². The molecule has 1 aromatic heterocycles. The van der Waals surface area contributed by atoms with Crippen molar-refractivity contribution < 1.29 is 18.7 Å². The van der Waals surface area contributed by atoms with Crippen molar-refractivity contribution >= 4 is 23.4 Å². The van der Waals surface area contributed by atoms with Crippen LogP contribution in [0.15, 0.2) is 47.1 Å². The van der Waals surface area contributed by atoms with Gasteiger partial charge in [0, 0.05) is 5.02 Å². The molecule has 6 nitrogen and oxygen atoms in total. The summed E-state index contributed by atoms with van der Waals surface area (Å²) < 4.78 is 10.4. The summed E-state index contributed by atoms with van der Waals surface area (Å²) in [5.74, 6) is 0.0956. The van der Waals surface area contributed by atoms with Gasteiger partial charge in [-0.15, -0.1) is 0 Å². The van der Waals surface area contributed by atoms with Crippen LogP contribution in [0.25, 0.3) is 0 Å². The van der Waals surface area contributed by atoms with Gasteiger partial charge in [0.2, 0.25) is 5.91 Å². The van der Waals surface area contributed by atoms with Crippen LogP contribution in [0, 0.1) is 0 Å². The molecule has 0 aliphatic rings. The van der Waals surface area contributed by atoms with E-state index in [9.17, 15) is 9.59 Å². The van der Waals surface area contributed by atoms with Gasteiger partial charge in [0.15, 0.2) is 5.76 Å². The number of carbonyl (C=O) groups is 2. The molecule has 0 fully saturated rings. The Morgan fingerprint density at radius 1 is 1.26 bits per heavy atom. The highest BCUT2D eigenvalue weighted by Gasteiger charge is 2.17. The number of furan rings is 1. The number of ether oxygens (including phenoxy) is 1. The first-order chi connectivity index (χ1) is 11.1. The van der Waals surface area contributed by atoms with Crippen molar-refractivity contribution in [3.63, 3.8) is 0 Å². The van der Waals surface area contributed by atoms with Crippen LogP contribution < -0.4 is 15.4 Å². The van der Waals surface area contributed by atoms with Crippen LogP contribution >= 0.6 is 11.6 Å². The second-order valence-electron chi connectivity index (χ2n) is 4.77. The molecule has 2 N–H and O–H groups in total. The molecular formula is C16H17ClN2O4. The maximum atomic E-state index is 11.9. The normalized spacial score (nSPS) is 11.6. The van der Waals surface area contributed by atoms with Crippen LogP contribution in [0.5, 0.6) is 5.75 Å². The van der Waals surface area contributed by atoms with E-state index < -0.39 is 11.9 Å². The fraction of sp³-hybridized carbons (Fsp3) is 0.250. The minimum atomic E-state index is -0.678. The molecule has 0 saturated carbocycles. The van der Waals surface area contributed by atoms with Gasteiger partial charge < -0.3 is 19.8 Å². The summed E-state index contributed by atoms with van der Waals surface area (Å²) >= 11 is 5.77. The zero-order chi connectivity index (χ0) is 16.7. The SMILES string of the molecule is C[C@H](NC(=O)c1ccco1)C(=O)NCCOc1ccc(Cl)cc1. The molecule has 1 heterocycles. The topological polar surface area (TPSA) is 80.6 Å². The number of rotatable bonds is 7. The maximum Gasteiger partial charge on any atom is 0.287 e. The van der Waals surface area contributed by atoms with E-state index in [4.69, 9.17) is 20.8 Å². The Balaban J connectivity index is 1.67. The van der Waals surface area contributed by atoms with E-state index in [2.05, 4.69) is 10.6 Å². The Labute approximate surface area is 138 Å². The van der Waals surface area contributed by atoms with Gasteiger partial charge in [0.05, 0.1) is 12.8 Å². The van der Waals surface area contributed by atoms with E-state index in [0.717, 1.165) is 0 Å². The number of amides is 2. The third-order valence-electron chi connectivity index (χ3n) is 2.97. The lowest BCUT2D eigenvalue weighted by molar-refractivity contribution is -0.122. The van der Waals surface area contributed by atoms with E-state index >= 15 is 0 Å². The molecule has 23 heavy (non-hydrogen) atoms. The number of benzene rings is 1. The highest BCUT2D eigenvalue weighted by atomic mass is 35.5. The molecule has 0 aliphatic heterocycles. The van der Waals surface area contributed by atoms with E-state index in [0.29, 0.717) is 23.9 Å². The number of halogens is 1. The fourth-order valence-electron chi connectivity index (χ4n) is 1.77. The second kappa shape index (κ2) is 8.24. The lowest BCUT2D eigenvalue weighted by Crippen LogP contribution is -2.45. The molecule has 2 aromatic rings. The predicted octanol–water partition coefficient (Wildman–Crippen LogP) is 2.25. The highest BCUT2D eigenvalue weighted by Crippen LogP contribution is 2.15. The predicted molar refractivity (Wildman–Crippen MR) is 85.6 cm³/mol. The van der Waals surface area contributed by atoms with Gasteiger partial charge in [0.1, 0.15) is 18.4 Å². The summed E-state index contributed by atoms with van der Waals surface area (Å²) in [6.45, 7) is 2.23. The van der Waals surface area contributed by atoms with Crippen LogP contribution in [0.2, 0.25) is 5.02 Å². The Hall–Kier alpha value is -2.47. The van der Waals surface area contributed by atoms with E-state index in [-0.39, 0.29) is 11.7 Å². The molecule has 0 unspecified atom stereocenters. The molecule has 2 amide bonds. The zero-order valence-electron chi connectivity index (χ0n) is 12.5. The van der Waals surface area contributed by atoms with Crippen molar-refractivity contribution in [3.8, 4) is 5.75 Å². The van der Waals surface area contributed by atoms with Gasteiger partial charge in [-0.3, -0.25) is 9.59 Å². The third kappa shape index (κ3) is 5.34. The summed E-state index contributed by atoms with van der Waals surface area (Å²) in [5.41, 5.74) is 0. The standard InChI is InChI=1S/C16H17ClN2O4/c1-11(19-16(21)14-3-2-9-23-14)15(20)18-8-10-22-13-6-4-12(17)5-7-13/h2-7,9,11H,8,10H2,1H3,(H,18,20)(H,19,21)/t11-/m0/s1. The zero-order valence-corrected chi connectivity index (χ0v) is 13.3.